The molecule has 0 aromatic carbocycles. The van der Waals surface area contributed by atoms with Crippen molar-refractivity contribution in [3.8, 4) is 0 Å². The average molecular weight is 223 g/mol. The van der Waals surface area contributed by atoms with Gasteiger partial charge in [-0.3, -0.25) is 0 Å². The van der Waals surface area contributed by atoms with Crippen molar-refractivity contribution in [1.29, 1.82) is 0 Å². The maximum absolute atomic E-state index is 4.82. The fraction of sp³-hybridized carbons (Fsp3) is 0.400. The number of rotatable bonds is 2. The molecule has 0 saturated carbocycles. The molecule has 0 saturated heterocycles. The standard InChI is InChI=1S/C10H13N3OS/c1-7-6-8(4-5-11-7)2-3-9-12-10(15)14-13-9/h2-3,6-7,11H,4-5H2,1H3,(H,12,13,15)/b3-2+/t7-/m1/s1. The Balaban J connectivity index is 2.08. The monoisotopic (exact) mass is 223 g/mol. The Morgan fingerprint density at radius 1 is 1.60 bits per heavy atom. The van der Waals surface area contributed by atoms with E-state index in [4.69, 9.17) is 16.7 Å². The summed E-state index contributed by atoms with van der Waals surface area (Å²) in [5.41, 5.74) is 1.31. The zero-order valence-electron chi connectivity index (χ0n) is 8.49. The summed E-state index contributed by atoms with van der Waals surface area (Å²) in [6, 6.07) is 0.439. The van der Waals surface area contributed by atoms with E-state index in [2.05, 4.69) is 28.5 Å². The van der Waals surface area contributed by atoms with Crippen molar-refractivity contribution < 1.29 is 4.52 Å². The summed E-state index contributed by atoms with van der Waals surface area (Å²) in [7, 11) is 0. The van der Waals surface area contributed by atoms with Gasteiger partial charge in [0, 0.05) is 6.04 Å². The second kappa shape index (κ2) is 4.55. The highest BCUT2D eigenvalue weighted by Crippen LogP contribution is 2.10. The quantitative estimate of drug-likeness (QED) is 0.753. The third-order valence-electron chi connectivity index (χ3n) is 2.25. The van der Waals surface area contributed by atoms with Gasteiger partial charge in [0.2, 0.25) is 0 Å². The van der Waals surface area contributed by atoms with Gasteiger partial charge in [0.25, 0.3) is 0 Å². The van der Waals surface area contributed by atoms with E-state index < -0.39 is 0 Å². The van der Waals surface area contributed by atoms with Crippen LogP contribution >= 0.6 is 12.2 Å². The Kier molecular flexibility index (Phi) is 3.13. The third kappa shape index (κ3) is 2.87. The average Bonchev–Trinajstić information content (AvgIpc) is 2.62. The Morgan fingerprint density at radius 2 is 2.47 bits per heavy atom. The van der Waals surface area contributed by atoms with Gasteiger partial charge in [0.05, 0.1) is 0 Å². The van der Waals surface area contributed by atoms with Crippen molar-refractivity contribution in [2.75, 3.05) is 6.54 Å². The molecule has 0 fully saturated rings. The molecule has 0 bridgehead atoms. The van der Waals surface area contributed by atoms with Gasteiger partial charge in [0.1, 0.15) is 0 Å². The van der Waals surface area contributed by atoms with E-state index in [0.29, 0.717) is 11.9 Å². The highest BCUT2D eigenvalue weighted by atomic mass is 32.1. The maximum Gasteiger partial charge on any atom is 0.314 e. The lowest BCUT2D eigenvalue weighted by Crippen LogP contribution is -2.29. The topological polar surface area (TPSA) is 53.9 Å². The lowest BCUT2D eigenvalue weighted by Gasteiger charge is -2.17. The number of H-pyrrole nitrogens is 1. The lowest BCUT2D eigenvalue weighted by molar-refractivity contribution is 0.403. The molecule has 5 heteroatoms. The van der Waals surface area contributed by atoms with Crippen LogP contribution in [-0.2, 0) is 0 Å². The van der Waals surface area contributed by atoms with Crippen LogP contribution in [0.5, 0.6) is 0 Å². The molecule has 80 valence electrons. The molecule has 1 atom stereocenters. The van der Waals surface area contributed by atoms with Gasteiger partial charge in [-0.15, -0.1) is 0 Å². The zero-order valence-corrected chi connectivity index (χ0v) is 9.30. The van der Waals surface area contributed by atoms with Crippen LogP contribution in [0.25, 0.3) is 6.08 Å². The molecule has 2 rings (SSSR count). The molecule has 0 amide bonds. The van der Waals surface area contributed by atoms with Crippen LogP contribution in [0.4, 0.5) is 0 Å². The Labute approximate surface area is 93.1 Å². The van der Waals surface area contributed by atoms with Gasteiger partial charge in [-0.2, -0.15) is 4.98 Å². The maximum atomic E-state index is 4.82. The molecule has 1 aromatic heterocycles. The molecule has 1 aliphatic rings. The molecular formula is C10H13N3OS. The van der Waals surface area contributed by atoms with E-state index in [9.17, 15) is 0 Å². The van der Waals surface area contributed by atoms with Crippen molar-refractivity contribution >= 4 is 18.3 Å². The van der Waals surface area contributed by atoms with Gasteiger partial charge < -0.3 is 9.84 Å². The first-order valence-corrected chi connectivity index (χ1v) is 5.32. The third-order valence-corrected chi connectivity index (χ3v) is 2.43. The van der Waals surface area contributed by atoms with Crippen molar-refractivity contribution in [3.05, 3.63) is 28.4 Å². The van der Waals surface area contributed by atoms with Gasteiger partial charge >= 0.3 is 4.84 Å². The summed E-state index contributed by atoms with van der Waals surface area (Å²) in [6.07, 6.45) is 7.16. The number of hydrogen-bond donors (Lipinski definition) is 2. The highest BCUT2D eigenvalue weighted by Gasteiger charge is 2.05. The Morgan fingerprint density at radius 3 is 3.13 bits per heavy atom. The summed E-state index contributed by atoms with van der Waals surface area (Å²) in [6.45, 7) is 3.16. The molecular weight excluding hydrogens is 210 g/mol. The lowest BCUT2D eigenvalue weighted by atomic mass is 10.1. The summed E-state index contributed by atoms with van der Waals surface area (Å²) >= 11 is 4.75. The SMILES string of the molecule is C[C@@H]1C=C(/C=C/c2nc(=S)o[nH]2)CCN1. The van der Waals surface area contributed by atoms with Gasteiger partial charge in [-0.25, -0.2) is 5.16 Å². The van der Waals surface area contributed by atoms with Crippen LogP contribution in [0.1, 0.15) is 19.2 Å². The largest absolute Gasteiger partial charge is 0.348 e. The minimum atomic E-state index is 0.238. The van der Waals surface area contributed by atoms with Crippen molar-refractivity contribution in [2.24, 2.45) is 0 Å². The predicted octanol–water partition coefficient (Wildman–Crippen LogP) is 2.05. The fourth-order valence-corrected chi connectivity index (χ4v) is 1.68. The summed E-state index contributed by atoms with van der Waals surface area (Å²) in [5, 5.41) is 5.98. The van der Waals surface area contributed by atoms with Gasteiger partial charge in [-0.05, 0) is 43.8 Å². The van der Waals surface area contributed by atoms with E-state index in [1.54, 1.807) is 0 Å². The Hall–Kier alpha value is -1.20. The molecule has 2 heterocycles. The molecule has 1 aromatic rings. The van der Waals surface area contributed by atoms with Crippen LogP contribution < -0.4 is 5.32 Å². The molecule has 0 unspecified atom stereocenters. The second-order valence-corrected chi connectivity index (χ2v) is 3.88. The molecule has 15 heavy (non-hydrogen) atoms. The highest BCUT2D eigenvalue weighted by molar-refractivity contribution is 7.71. The number of aromatic nitrogens is 2. The number of nitrogens with zero attached hydrogens (tertiary/aromatic N) is 1. The van der Waals surface area contributed by atoms with E-state index >= 15 is 0 Å². The molecule has 4 nitrogen and oxygen atoms in total. The molecule has 1 aliphatic heterocycles. The smallest absolute Gasteiger partial charge is 0.314 e. The van der Waals surface area contributed by atoms with E-state index in [1.807, 2.05) is 12.2 Å². The minimum absolute atomic E-state index is 0.238. The van der Waals surface area contributed by atoms with Crippen LogP contribution in [0.15, 0.2) is 22.2 Å². The predicted molar refractivity (Wildman–Crippen MR) is 60.9 cm³/mol. The summed E-state index contributed by atoms with van der Waals surface area (Å²) in [5.74, 6) is 0.659. The minimum Gasteiger partial charge on any atom is -0.348 e. The van der Waals surface area contributed by atoms with Crippen LogP contribution in [-0.4, -0.2) is 22.7 Å². The van der Waals surface area contributed by atoms with Crippen LogP contribution in [0, 0.1) is 4.84 Å². The van der Waals surface area contributed by atoms with Crippen LogP contribution in [0.3, 0.4) is 0 Å². The molecule has 0 radical (unpaired) electrons. The second-order valence-electron chi connectivity index (χ2n) is 3.53. The van der Waals surface area contributed by atoms with E-state index in [1.165, 1.54) is 5.57 Å². The van der Waals surface area contributed by atoms with Crippen molar-refractivity contribution in [1.82, 2.24) is 15.5 Å². The van der Waals surface area contributed by atoms with Crippen LogP contribution in [0.2, 0.25) is 0 Å². The number of hydrogen-bond acceptors (Lipinski definition) is 4. The van der Waals surface area contributed by atoms with E-state index in [-0.39, 0.29) is 4.84 Å². The number of aromatic amines is 1. The van der Waals surface area contributed by atoms with E-state index in [0.717, 1.165) is 13.0 Å². The fourth-order valence-electron chi connectivity index (χ4n) is 1.54. The number of allylic oxidation sites excluding steroid dienone is 1. The van der Waals surface area contributed by atoms with Gasteiger partial charge in [-0.1, -0.05) is 12.2 Å². The van der Waals surface area contributed by atoms with Crippen molar-refractivity contribution in [3.63, 3.8) is 0 Å². The zero-order chi connectivity index (χ0) is 10.7. The Bertz CT molecular complexity index is 444. The molecule has 0 aliphatic carbocycles. The first-order chi connectivity index (χ1) is 7.24. The normalized spacial score (nSPS) is 21.9. The first kappa shape index (κ1) is 10.3. The summed E-state index contributed by atoms with van der Waals surface area (Å²) in [4.78, 5) is 4.22. The molecule has 2 N–H and O–H groups in total. The molecule has 0 spiro atoms. The number of nitrogens with one attached hydrogen (secondary N) is 2. The first-order valence-electron chi connectivity index (χ1n) is 4.92. The van der Waals surface area contributed by atoms with Crippen molar-refractivity contribution in [2.45, 2.75) is 19.4 Å². The summed E-state index contributed by atoms with van der Waals surface area (Å²) < 4.78 is 4.82. The van der Waals surface area contributed by atoms with Gasteiger partial charge in [0.15, 0.2) is 5.82 Å².